The van der Waals surface area contributed by atoms with E-state index in [1.807, 2.05) is 0 Å². The Bertz CT molecular complexity index is 1660. The van der Waals surface area contributed by atoms with Crippen LogP contribution < -0.4 is 15.1 Å². The molecule has 0 fully saturated rings. The van der Waals surface area contributed by atoms with Crippen molar-refractivity contribution in [3.05, 3.63) is 82.2 Å². The van der Waals surface area contributed by atoms with Gasteiger partial charge >= 0.3 is 17.6 Å². The molecule has 2 aromatic carbocycles. The number of aryl methyl sites for hydroxylation is 1. The lowest BCUT2D eigenvalue weighted by Gasteiger charge is -2.33. The van der Waals surface area contributed by atoms with Gasteiger partial charge in [0.2, 0.25) is 6.29 Å². The van der Waals surface area contributed by atoms with E-state index >= 15 is 0 Å². The third-order valence-electron chi connectivity index (χ3n) is 7.37. The van der Waals surface area contributed by atoms with Crippen LogP contribution in [0.15, 0.2) is 64.3 Å². The second kappa shape index (κ2) is 25.4. The van der Waals surface area contributed by atoms with Crippen molar-refractivity contribution in [1.82, 2.24) is 0 Å². The molecule has 3 aromatic rings. The minimum absolute atomic E-state index is 0.0425. The summed E-state index contributed by atoms with van der Waals surface area (Å²) < 4.78 is 47.0. The van der Waals surface area contributed by atoms with Crippen LogP contribution in [0.4, 0.5) is 0 Å². The first kappa shape index (κ1) is 46.4. The highest BCUT2D eigenvalue weighted by molar-refractivity contribution is 6.10. The van der Waals surface area contributed by atoms with Gasteiger partial charge in [0.05, 0.1) is 92.3 Å². The molecule has 0 saturated heterocycles. The lowest BCUT2D eigenvalue weighted by Crippen LogP contribution is -2.48. The van der Waals surface area contributed by atoms with E-state index < -0.39 is 35.2 Å². The fraction of sp³-hybridized carbons (Fsp3) is 0.474. The van der Waals surface area contributed by atoms with Crippen molar-refractivity contribution in [3.8, 4) is 11.5 Å². The van der Waals surface area contributed by atoms with Crippen molar-refractivity contribution in [2.75, 3.05) is 86.9 Å². The molecular weight excluding hydrogens is 728 g/mol. The quantitative estimate of drug-likeness (QED) is 0.0237. The number of fused-ring (bicyclic) bond motifs is 1. The summed E-state index contributed by atoms with van der Waals surface area (Å²) in [4.78, 5) is 48.6. The molecule has 0 radical (unpaired) electrons. The van der Waals surface area contributed by atoms with Gasteiger partial charge in [0.25, 0.3) is 0 Å². The van der Waals surface area contributed by atoms with E-state index in [0.29, 0.717) is 23.3 Å². The third kappa shape index (κ3) is 15.9. The van der Waals surface area contributed by atoms with Crippen molar-refractivity contribution in [2.45, 2.75) is 31.7 Å². The predicted molar refractivity (Wildman–Crippen MR) is 195 cm³/mol. The lowest BCUT2D eigenvalue weighted by atomic mass is 10.0. The largest absolute Gasteiger partial charge is 0.496 e. The predicted octanol–water partition coefficient (Wildman–Crippen LogP) is 1.35. The van der Waals surface area contributed by atoms with Crippen LogP contribution in [0.25, 0.3) is 11.0 Å². The Morgan fingerprint density at radius 1 is 0.818 bits per heavy atom. The molecule has 0 saturated carbocycles. The highest BCUT2D eigenvalue weighted by atomic mass is 16.7. The molecule has 55 heavy (non-hydrogen) atoms. The SMILES string of the molecule is C=CC(=O)OC(C)OC(=O)CCc1ccc(C(=O)c2cc3c(OC)cc(OC)cc3oc2=O)cc1.OCCOCC(COCCO)(COCCO)OCCO. The first-order chi connectivity index (χ1) is 26.5. The van der Waals surface area contributed by atoms with Gasteiger partial charge < -0.3 is 62.7 Å². The number of aliphatic hydroxyl groups is 4. The van der Waals surface area contributed by atoms with Gasteiger partial charge in [-0.05, 0) is 18.1 Å². The standard InChI is InChI=1S/C26H24O9.C12H26O8/c1-5-23(27)33-15(2)34-24(28)11-8-16-6-9-17(10-7-16)25(29)20-14-19-21(32-4)12-18(31-3)13-22(19)35-26(20)30;13-1-5-17-9-12(20-8-4-16,10-18-6-2-14)11-19-7-3-15/h5-7,9-10,12-15H,1,8,11H2,2-4H3;13-16H,1-11H2. The van der Waals surface area contributed by atoms with Gasteiger partial charge in [-0.25, -0.2) is 9.59 Å². The van der Waals surface area contributed by atoms with E-state index in [9.17, 15) is 19.2 Å². The summed E-state index contributed by atoms with van der Waals surface area (Å²) in [6.07, 6.45) is 0.331. The normalized spacial score (nSPS) is 11.6. The zero-order valence-corrected chi connectivity index (χ0v) is 31.2. The van der Waals surface area contributed by atoms with Gasteiger partial charge in [-0.3, -0.25) is 9.59 Å². The molecule has 17 nitrogen and oxygen atoms in total. The van der Waals surface area contributed by atoms with E-state index in [0.717, 1.165) is 11.6 Å². The van der Waals surface area contributed by atoms with Crippen LogP contribution in [-0.4, -0.2) is 137 Å². The van der Waals surface area contributed by atoms with Gasteiger partial charge in [0.1, 0.15) is 28.2 Å². The number of ketones is 1. The maximum Gasteiger partial charge on any atom is 0.347 e. The summed E-state index contributed by atoms with van der Waals surface area (Å²) in [5, 5.41) is 35.5. The topological polar surface area (TPSA) is 236 Å². The summed E-state index contributed by atoms with van der Waals surface area (Å²) in [6, 6.07) is 11.1. The Hall–Kier alpha value is -4.72. The van der Waals surface area contributed by atoms with Crippen LogP contribution in [0.5, 0.6) is 11.5 Å². The van der Waals surface area contributed by atoms with Crippen molar-refractivity contribution in [3.63, 3.8) is 0 Å². The molecule has 0 aliphatic rings. The molecule has 0 bridgehead atoms. The third-order valence-corrected chi connectivity index (χ3v) is 7.37. The van der Waals surface area contributed by atoms with E-state index in [1.165, 1.54) is 33.3 Å². The molecule has 1 aromatic heterocycles. The molecular formula is C38H50O17. The number of methoxy groups -OCH3 is 2. The lowest BCUT2D eigenvalue weighted by molar-refractivity contribution is -0.181. The summed E-state index contributed by atoms with van der Waals surface area (Å²) in [5.74, 6) is -0.906. The number of benzene rings is 2. The van der Waals surface area contributed by atoms with Crippen LogP contribution in [-0.2, 0) is 44.4 Å². The Kier molecular flexibility index (Phi) is 21.4. The van der Waals surface area contributed by atoms with Crippen LogP contribution in [0.2, 0.25) is 0 Å². The molecule has 0 aliphatic carbocycles. The molecule has 1 heterocycles. The molecule has 1 unspecified atom stereocenters. The van der Waals surface area contributed by atoms with Crippen LogP contribution in [0, 0.1) is 0 Å². The van der Waals surface area contributed by atoms with E-state index in [4.69, 9.17) is 62.7 Å². The smallest absolute Gasteiger partial charge is 0.347 e. The Balaban J connectivity index is 0.000000447. The first-order valence-electron chi connectivity index (χ1n) is 17.2. The maximum absolute atomic E-state index is 13.0. The summed E-state index contributed by atoms with van der Waals surface area (Å²) in [7, 11) is 2.94. The van der Waals surface area contributed by atoms with Crippen LogP contribution in [0.1, 0.15) is 34.8 Å². The number of esters is 2. The van der Waals surface area contributed by atoms with Crippen molar-refractivity contribution in [2.24, 2.45) is 0 Å². The summed E-state index contributed by atoms with van der Waals surface area (Å²) in [6.45, 7) is 4.98. The van der Waals surface area contributed by atoms with Crippen molar-refractivity contribution >= 4 is 28.7 Å². The highest BCUT2D eigenvalue weighted by Crippen LogP contribution is 2.31. The number of aliphatic hydroxyl groups excluding tert-OH is 4. The molecule has 4 N–H and O–H groups in total. The number of hydrogen-bond donors (Lipinski definition) is 4. The minimum Gasteiger partial charge on any atom is -0.496 e. The number of carbonyl (C=O) groups excluding carboxylic acids is 3. The number of carbonyl (C=O) groups is 3. The molecule has 0 aliphatic heterocycles. The average Bonchev–Trinajstić information content (AvgIpc) is 3.18. The van der Waals surface area contributed by atoms with Gasteiger partial charge in [-0.1, -0.05) is 30.8 Å². The second-order valence-corrected chi connectivity index (χ2v) is 11.5. The number of hydrogen-bond acceptors (Lipinski definition) is 17. The first-order valence-corrected chi connectivity index (χ1v) is 17.2. The Labute approximate surface area is 317 Å². The van der Waals surface area contributed by atoms with E-state index in [1.54, 1.807) is 30.3 Å². The molecule has 0 amide bonds. The Morgan fingerprint density at radius 2 is 1.40 bits per heavy atom. The zero-order valence-electron chi connectivity index (χ0n) is 31.2. The molecule has 3 rings (SSSR count). The van der Waals surface area contributed by atoms with Crippen LogP contribution in [0.3, 0.4) is 0 Å². The van der Waals surface area contributed by atoms with E-state index in [2.05, 4.69) is 6.58 Å². The highest BCUT2D eigenvalue weighted by Gasteiger charge is 2.33. The molecule has 1 atom stereocenters. The number of rotatable bonds is 25. The fourth-order valence-corrected chi connectivity index (χ4v) is 4.79. The van der Waals surface area contributed by atoms with Crippen molar-refractivity contribution in [1.29, 1.82) is 0 Å². The minimum atomic E-state index is -1.03. The zero-order chi connectivity index (χ0) is 40.6. The average molecular weight is 779 g/mol. The van der Waals surface area contributed by atoms with Gasteiger partial charge in [-0.15, -0.1) is 0 Å². The maximum atomic E-state index is 13.0. The van der Waals surface area contributed by atoms with Crippen LogP contribution >= 0.6 is 0 Å². The Morgan fingerprint density at radius 3 is 1.91 bits per heavy atom. The summed E-state index contributed by atoms with van der Waals surface area (Å²) in [5.41, 5.74) is -0.591. The summed E-state index contributed by atoms with van der Waals surface area (Å²) >= 11 is 0. The van der Waals surface area contributed by atoms with Gasteiger partial charge in [0, 0.05) is 37.1 Å². The second-order valence-electron chi connectivity index (χ2n) is 11.5. The monoisotopic (exact) mass is 778 g/mol. The van der Waals surface area contributed by atoms with Gasteiger partial charge in [0.15, 0.2) is 5.78 Å². The van der Waals surface area contributed by atoms with Crippen molar-refractivity contribution < 1.29 is 77.1 Å². The molecule has 304 valence electrons. The van der Waals surface area contributed by atoms with Gasteiger partial charge in [-0.2, -0.15) is 0 Å². The van der Waals surface area contributed by atoms with E-state index in [-0.39, 0.29) is 95.8 Å². The fourth-order valence-electron chi connectivity index (χ4n) is 4.79. The molecule has 17 heteroatoms. The molecule has 0 spiro atoms. The number of ether oxygens (including phenoxy) is 8.